The summed E-state index contributed by atoms with van der Waals surface area (Å²) in [5.74, 6) is -3.25. The van der Waals surface area contributed by atoms with Gasteiger partial charge < -0.3 is 30.0 Å². The van der Waals surface area contributed by atoms with Crippen LogP contribution in [0.15, 0.2) is 34.3 Å². The van der Waals surface area contributed by atoms with E-state index in [1.165, 1.54) is 12.4 Å². The molecule has 0 saturated heterocycles. The molecular weight excluding hydrogens is 681 g/mol. The first-order valence-electron chi connectivity index (χ1n) is 14.3. The van der Waals surface area contributed by atoms with E-state index in [9.17, 15) is 36.6 Å². The van der Waals surface area contributed by atoms with Crippen LogP contribution in [0.4, 0.5) is 26.3 Å². The fourth-order valence-corrected chi connectivity index (χ4v) is 4.49. The number of aliphatic carboxylic acids is 2. The minimum absolute atomic E-state index is 0. The van der Waals surface area contributed by atoms with Crippen LogP contribution in [0.2, 0.25) is 0 Å². The van der Waals surface area contributed by atoms with Gasteiger partial charge in [0, 0.05) is 35.5 Å². The fourth-order valence-electron chi connectivity index (χ4n) is 4.49. The van der Waals surface area contributed by atoms with Crippen molar-refractivity contribution in [1.82, 2.24) is 0 Å². The van der Waals surface area contributed by atoms with Crippen molar-refractivity contribution in [2.75, 3.05) is 0 Å². The molecule has 1 aliphatic rings. The van der Waals surface area contributed by atoms with Gasteiger partial charge in [-0.2, -0.15) is 26.3 Å². The van der Waals surface area contributed by atoms with Crippen LogP contribution in [0.5, 0.6) is 11.5 Å². The summed E-state index contributed by atoms with van der Waals surface area (Å²) >= 11 is 0. The Hall–Kier alpha value is -3.59. The van der Waals surface area contributed by atoms with Crippen LogP contribution in [-0.4, -0.2) is 46.7 Å². The average molecular weight is 720 g/mol. The molecule has 47 heavy (non-hydrogen) atoms. The van der Waals surface area contributed by atoms with E-state index in [1.54, 1.807) is 27.7 Å². The van der Waals surface area contributed by atoms with Gasteiger partial charge in [-0.3, -0.25) is 9.98 Å². The van der Waals surface area contributed by atoms with Crippen LogP contribution in [0.25, 0.3) is 0 Å². The zero-order chi connectivity index (χ0) is 35.6. The Morgan fingerprint density at radius 3 is 1.17 bits per heavy atom. The second-order valence-electron chi connectivity index (χ2n) is 11.3. The third-order valence-corrected chi connectivity index (χ3v) is 6.75. The normalized spacial score (nSPS) is 16.7. The number of carboxylic acid groups (broad SMARTS) is 2. The monoisotopic (exact) mass is 719 g/mol. The summed E-state index contributed by atoms with van der Waals surface area (Å²) in [7, 11) is 0. The maximum absolute atomic E-state index is 13.3. The summed E-state index contributed by atoms with van der Waals surface area (Å²) in [5, 5.41) is 38.7. The van der Waals surface area contributed by atoms with Crippen molar-refractivity contribution in [1.29, 1.82) is 0 Å². The van der Waals surface area contributed by atoms with Crippen molar-refractivity contribution in [3.8, 4) is 11.5 Å². The Kier molecular flexibility index (Phi) is 17.2. The number of benzene rings is 2. The van der Waals surface area contributed by atoms with E-state index in [4.69, 9.17) is 19.8 Å². The van der Waals surface area contributed by atoms with Gasteiger partial charge in [-0.25, -0.2) is 0 Å². The number of nitrogens with zero attached hydrogens (tertiary/aromatic N) is 2. The van der Waals surface area contributed by atoms with E-state index in [0.29, 0.717) is 25.7 Å². The number of carbonyl (C=O) groups excluding carboxylic acids is 2. The largest absolute Gasteiger partial charge is 2.00 e. The number of hydrogen-bond acceptors (Lipinski definition) is 8. The number of aliphatic imine (C=N–C) groups is 2. The molecule has 0 unspecified atom stereocenters. The SMILES string of the molecule is CC(=O)[O-].CC(=O)[O-].CC(C)c1cc(C(F)(F)F)cc(C=NC2CCC(N=Cc3cc(C(F)(F)F)cc(C(C)C)c3O)CC2)c1O.[Co+2]. The van der Waals surface area contributed by atoms with E-state index in [-0.39, 0.29) is 74.5 Å². The quantitative estimate of drug-likeness (QED) is 0.288. The van der Waals surface area contributed by atoms with Crippen molar-refractivity contribution in [2.45, 2.75) is 103 Å². The number of aromatic hydroxyl groups is 2. The number of hydrogen-bond donors (Lipinski definition) is 2. The minimum atomic E-state index is -4.56. The maximum Gasteiger partial charge on any atom is 2.00 e. The summed E-state index contributed by atoms with van der Waals surface area (Å²) in [5.41, 5.74) is -1.31. The zero-order valence-corrected chi connectivity index (χ0v) is 27.7. The molecule has 1 radical (unpaired) electrons. The molecular formula is C32H38CoF6N2O6. The first-order chi connectivity index (χ1) is 21.0. The van der Waals surface area contributed by atoms with Gasteiger partial charge in [0.15, 0.2) is 0 Å². The van der Waals surface area contributed by atoms with E-state index < -0.39 is 35.4 Å². The number of phenolic OH excluding ortho intramolecular Hbond substituents is 2. The molecule has 0 aromatic heterocycles. The number of carbonyl (C=O) groups is 2. The van der Waals surface area contributed by atoms with Gasteiger partial charge in [-0.1, -0.05) is 27.7 Å². The van der Waals surface area contributed by atoms with Gasteiger partial charge in [0.2, 0.25) is 0 Å². The summed E-state index contributed by atoms with van der Waals surface area (Å²) < 4.78 is 80.0. The van der Waals surface area contributed by atoms with E-state index >= 15 is 0 Å². The summed E-state index contributed by atoms with van der Waals surface area (Å²) in [6.07, 6.45) is -4.28. The Morgan fingerprint density at radius 1 is 0.702 bits per heavy atom. The van der Waals surface area contributed by atoms with Crippen LogP contribution >= 0.6 is 0 Å². The summed E-state index contributed by atoms with van der Waals surface area (Å²) in [6, 6.07) is 3.29. The molecule has 0 bridgehead atoms. The van der Waals surface area contributed by atoms with E-state index in [2.05, 4.69) is 9.98 Å². The standard InChI is InChI=1S/C28H32F6N2O2.2C2H4O2.Co/c1-15(2)23-11-19(27(29,30)31)9-17(25(23)37)13-35-21-5-7-22(8-6-21)36-14-18-10-20(28(32,33)34)12-24(16(3)4)26(18)38;2*1-2(3)4;/h9-16,21-22,37-38H,5-8H2,1-4H3;2*1H3,(H,3,4);/q;;;+2/p-2. The van der Waals surface area contributed by atoms with Gasteiger partial charge in [-0.15, -0.1) is 0 Å². The molecule has 0 aliphatic heterocycles. The molecule has 0 atom stereocenters. The topological polar surface area (TPSA) is 145 Å². The third kappa shape index (κ3) is 14.8. The van der Waals surface area contributed by atoms with Gasteiger partial charge in [-0.05, 0) is 86.8 Å². The van der Waals surface area contributed by atoms with Gasteiger partial charge in [0.1, 0.15) is 11.5 Å². The van der Waals surface area contributed by atoms with Crippen LogP contribution in [0.1, 0.15) is 112 Å². The first-order valence-corrected chi connectivity index (χ1v) is 14.3. The molecule has 2 aromatic rings. The predicted molar refractivity (Wildman–Crippen MR) is 157 cm³/mol. The maximum atomic E-state index is 13.3. The third-order valence-electron chi connectivity index (χ3n) is 6.75. The summed E-state index contributed by atoms with van der Waals surface area (Å²) in [6.45, 7) is 8.72. The molecule has 3 rings (SSSR count). The van der Waals surface area contributed by atoms with Gasteiger partial charge in [0.05, 0.1) is 23.2 Å². The van der Waals surface area contributed by atoms with Crippen LogP contribution in [-0.2, 0) is 38.7 Å². The zero-order valence-electron chi connectivity index (χ0n) is 26.6. The number of alkyl halides is 6. The molecule has 1 aliphatic carbocycles. The Labute approximate surface area is 279 Å². The average Bonchev–Trinajstić information content (AvgIpc) is 2.90. The molecule has 263 valence electrons. The molecule has 1 saturated carbocycles. The number of phenols is 2. The van der Waals surface area contributed by atoms with Gasteiger partial charge >= 0.3 is 29.1 Å². The number of carboxylic acids is 2. The predicted octanol–water partition coefficient (Wildman–Crippen LogP) is 5.74. The Balaban J connectivity index is 0.00000211. The molecule has 1 fully saturated rings. The molecule has 0 spiro atoms. The second-order valence-corrected chi connectivity index (χ2v) is 11.3. The van der Waals surface area contributed by atoms with Crippen molar-refractivity contribution >= 4 is 24.4 Å². The van der Waals surface area contributed by atoms with Crippen LogP contribution < -0.4 is 10.2 Å². The van der Waals surface area contributed by atoms with Crippen molar-refractivity contribution in [2.24, 2.45) is 9.98 Å². The molecule has 15 heteroatoms. The molecule has 2 N–H and O–H groups in total. The van der Waals surface area contributed by atoms with Crippen molar-refractivity contribution in [3.05, 3.63) is 57.6 Å². The number of rotatable bonds is 6. The fraction of sp³-hybridized carbons (Fsp3) is 0.500. The summed E-state index contributed by atoms with van der Waals surface area (Å²) in [4.78, 5) is 26.6. The molecule has 0 amide bonds. The van der Waals surface area contributed by atoms with Gasteiger partial charge in [0.25, 0.3) is 0 Å². The van der Waals surface area contributed by atoms with Crippen LogP contribution in [0.3, 0.4) is 0 Å². The molecule has 0 heterocycles. The van der Waals surface area contributed by atoms with Crippen molar-refractivity contribution < 1.29 is 73.1 Å². The first kappa shape index (κ1) is 43.4. The Morgan fingerprint density at radius 2 is 0.957 bits per heavy atom. The number of halogens is 6. The smallest absolute Gasteiger partial charge is 0.550 e. The van der Waals surface area contributed by atoms with Crippen LogP contribution in [0, 0.1) is 0 Å². The van der Waals surface area contributed by atoms with E-state index in [1.807, 2.05) is 0 Å². The van der Waals surface area contributed by atoms with Crippen molar-refractivity contribution in [3.63, 3.8) is 0 Å². The Bertz CT molecular complexity index is 1290. The van der Waals surface area contributed by atoms with E-state index in [0.717, 1.165) is 38.1 Å². The minimum Gasteiger partial charge on any atom is -0.550 e. The molecule has 8 nitrogen and oxygen atoms in total. The molecule has 2 aromatic carbocycles. The second kappa shape index (κ2) is 18.7.